The van der Waals surface area contributed by atoms with Crippen LogP contribution in [0.4, 0.5) is 0 Å². The zero-order valence-electron chi connectivity index (χ0n) is 10.2. The fraction of sp³-hybridized carbons (Fsp3) is 0.769. The van der Waals surface area contributed by atoms with Gasteiger partial charge in [0, 0.05) is 12.1 Å². The van der Waals surface area contributed by atoms with Crippen molar-refractivity contribution in [3.8, 4) is 0 Å². The Morgan fingerprint density at radius 3 is 2.67 bits per heavy atom. The van der Waals surface area contributed by atoms with Crippen molar-refractivity contribution < 1.29 is 0 Å². The van der Waals surface area contributed by atoms with E-state index in [0.29, 0.717) is 0 Å². The molecule has 0 saturated carbocycles. The molecule has 2 aliphatic rings. The third-order valence-electron chi connectivity index (χ3n) is 3.18. The lowest BCUT2D eigenvalue weighted by Crippen LogP contribution is -2.39. The minimum Gasteiger partial charge on any atom is -0.306 e. The van der Waals surface area contributed by atoms with Crippen molar-refractivity contribution in [3.05, 3.63) is 11.1 Å². The van der Waals surface area contributed by atoms with E-state index in [2.05, 4.69) is 31.1 Å². The third-order valence-corrected chi connectivity index (χ3v) is 3.18. The number of hydrogen-bond acceptors (Lipinski definition) is 2. The lowest BCUT2D eigenvalue weighted by atomic mass is 9.91. The molecule has 15 heavy (non-hydrogen) atoms. The lowest BCUT2D eigenvalue weighted by Gasteiger charge is -2.22. The number of nitrogens with zero attached hydrogens (tertiary/aromatic N) is 1. The van der Waals surface area contributed by atoms with Gasteiger partial charge in [0.05, 0.1) is 12.3 Å². The highest BCUT2D eigenvalue weighted by molar-refractivity contribution is 6.04. The van der Waals surface area contributed by atoms with E-state index >= 15 is 0 Å². The van der Waals surface area contributed by atoms with E-state index in [1.54, 1.807) is 11.1 Å². The van der Waals surface area contributed by atoms with Crippen LogP contribution < -0.4 is 5.32 Å². The molecule has 0 aromatic heterocycles. The molecule has 0 aromatic rings. The fourth-order valence-electron chi connectivity index (χ4n) is 2.29. The van der Waals surface area contributed by atoms with Gasteiger partial charge in [-0.2, -0.15) is 0 Å². The Morgan fingerprint density at radius 1 is 1.20 bits per heavy atom. The first-order chi connectivity index (χ1) is 7.06. The Morgan fingerprint density at radius 2 is 1.93 bits per heavy atom. The molecule has 0 saturated heterocycles. The van der Waals surface area contributed by atoms with Crippen molar-refractivity contribution >= 4 is 5.71 Å². The van der Waals surface area contributed by atoms with Crippen LogP contribution in [0.3, 0.4) is 0 Å². The second-order valence-electron chi connectivity index (χ2n) is 5.66. The van der Waals surface area contributed by atoms with Crippen LogP contribution in [0.25, 0.3) is 0 Å². The Balaban J connectivity index is 1.97. The molecule has 0 atom stereocenters. The molecule has 2 nitrogen and oxygen atoms in total. The smallest absolute Gasteiger partial charge is 0.0609 e. The van der Waals surface area contributed by atoms with Crippen molar-refractivity contribution in [1.82, 2.24) is 5.32 Å². The molecule has 0 bridgehead atoms. The van der Waals surface area contributed by atoms with E-state index in [-0.39, 0.29) is 5.54 Å². The van der Waals surface area contributed by atoms with Crippen LogP contribution in [0.15, 0.2) is 16.1 Å². The van der Waals surface area contributed by atoms with Gasteiger partial charge < -0.3 is 5.32 Å². The summed E-state index contributed by atoms with van der Waals surface area (Å²) in [6, 6.07) is 0. The molecule has 1 N–H and O–H groups in total. The molecule has 0 radical (unpaired) electrons. The standard InChI is InChI=1S/C13H22N2/c1-13(2,3)15-9-12-11-7-5-4-6-10(11)8-14-12/h15H,4-9H2,1-3H3. The lowest BCUT2D eigenvalue weighted by molar-refractivity contribution is 0.455. The number of rotatable bonds is 2. The second kappa shape index (κ2) is 4.09. The van der Waals surface area contributed by atoms with Crippen molar-refractivity contribution in [1.29, 1.82) is 0 Å². The first-order valence-electron chi connectivity index (χ1n) is 6.06. The van der Waals surface area contributed by atoms with E-state index in [4.69, 9.17) is 0 Å². The number of hydrogen-bond donors (Lipinski definition) is 1. The summed E-state index contributed by atoms with van der Waals surface area (Å²) in [7, 11) is 0. The number of nitrogens with one attached hydrogen (secondary N) is 1. The Kier molecular flexibility index (Phi) is 2.96. The van der Waals surface area contributed by atoms with Gasteiger partial charge in [-0.3, -0.25) is 4.99 Å². The average Bonchev–Trinajstić information content (AvgIpc) is 2.57. The monoisotopic (exact) mass is 206 g/mol. The molecule has 2 rings (SSSR count). The Bertz CT molecular complexity index is 305. The summed E-state index contributed by atoms with van der Waals surface area (Å²) in [6.07, 6.45) is 5.28. The van der Waals surface area contributed by atoms with Crippen LogP contribution in [0.5, 0.6) is 0 Å². The van der Waals surface area contributed by atoms with Gasteiger partial charge in [0.2, 0.25) is 0 Å². The maximum absolute atomic E-state index is 4.66. The van der Waals surface area contributed by atoms with E-state index in [1.807, 2.05) is 0 Å². The largest absolute Gasteiger partial charge is 0.306 e. The van der Waals surface area contributed by atoms with Gasteiger partial charge in [0.15, 0.2) is 0 Å². The van der Waals surface area contributed by atoms with Gasteiger partial charge in [0.1, 0.15) is 0 Å². The molecule has 1 aliphatic heterocycles. The summed E-state index contributed by atoms with van der Waals surface area (Å²) in [5, 5.41) is 3.53. The van der Waals surface area contributed by atoms with Crippen LogP contribution in [0.2, 0.25) is 0 Å². The molecule has 1 aliphatic carbocycles. The molecule has 2 heteroatoms. The first-order valence-corrected chi connectivity index (χ1v) is 6.06. The van der Waals surface area contributed by atoms with Crippen LogP contribution >= 0.6 is 0 Å². The van der Waals surface area contributed by atoms with Gasteiger partial charge in [-0.25, -0.2) is 0 Å². The minimum absolute atomic E-state index is 0.195. The van der Waals surface area contributed by atoms with Gasteiger partial charge in [0.25, 0.3) is 0 Å². The van der Waals surface area contributed by atoms with Gasteiger partial charge in [-0.05, 0) is 57.6 Å². The van der Waals surface area contributed by atoms with Crippen molar-refractivity contribution in [3.63, 3.8) is 0 Å². The van der Waals surface area contributed by atoms with Crippen molar-refractivity contribution in [2.24, 2.45) is 4.99 Å². The first kappa shape index (κ1) is 10.9. The molecular formula is C13H22N2. The van der Waals surface area contributed by atoms with Crippen LogP contribution in [0, 0.1) is 0 Å². The predicted molar refractivity (Wildman–Crippen MR) is 65.6 cm³/mol. The van der Waals surface area contributed by atoms with Gasteiger partial charge in [-0.1, -0.05) is 0 Å². The highest BCUT2D eigenvalue weighted by Gasteiger charge is 2.22. The predicted octanol–water partition coefficient (Wildman–Crippen LogP) is 2.70. The topological polar surface area (TPSA) is 24.4 Å². The SMILES string of the molecule is CC(C)(C)NCC1=NCC2=C1CCCC2. The van der Waals surface area contributed by atoms with Crippen molar-refractivity contribution in [2.45, 2.75) is 52.0 Å². The molecule has 1 heterocycles. The molecule has 0 unspecified atom stereocenters. The summed E-state index contributed by atoms with van der Waals surface area (Å²) in [5.74, 6) is 0. The normalized spacial score (nSPS) is 21.7. The average molecular weight is 206 g/mol. The molecular weight excluding hydrogens is 184 g/mol. The Hall–Kier alpha value is -0.630. The van der Waals surface area contributed by atoms with Crippen LogP contribution in [-0.4, -0.2) is 24.3 Å². The van der Waals surface area contributed by atoms with E-state index in [1.165, 1.54) is 31.4 Å². The summed E-state index contributed by atoms with van der Waals surface area (Å²) in [4.78, 5) is 4.66. The van der Waals surface area contributed by atoms with Crippen LogP contribution in [-0.2, 0) is 0 Å². The molecule has 0 spiro atoms. The zero-order valence-corrected chi connectivity index (χ0v) is 10.2. The quantitative estimate of drug-likeness (QED) is 0.738. The van der Waals surface area contributed by atoms with Gasteiger partial charge >= 0.3 is 0 Å². The highest BCUT2D eigenvalue weighted by Crippen LogP contribution is 2.29. The molecule has 84 valence electrons. The Labute approximate surface area is 92.9 Å². The molecule has 0 aromatic carbocycles. The third kappa shape index (κ3) is 2.69. The van der Waals surface area contributed by atoms with Crippen molar-refractivity contribution in [2.75, 3.05) is 13.1 Å². The van der Waals surface area contributed by atoms with Gasteiger partial charge in [-0.15, -0.1) is 0 Å². The second-order valence-corrected chi connectivity index (χ2v) is 5.66. The zero-order chi connectivity index (χ0) is 10.9. The minimum atomic E-state index is 0.195. The highest BCUT2D eigenvalue weighted by atomic mass is 15.0. The summed E-state index contributed by atoms with van der Waals surface area (Å²) in [5.41, 5.74) is 4.73. The molecule has 0 amide bonds. The summed E-state index contributed by atoms with van der Waals surface area (Å²) in [6.45, 7) is 8.55. The summed E-state index contributed by atoms with van der Waals surface area (Å²) >= 11 is 0. The van der Waals surface area contributed by atoms with E-state index in [0.717, 1.165) is 13.1 Å². The maximum Gasteiger partial charge on any atom is 0.0609 e. The summed E-state index contributed by atoms with van der Waals surface area (Å²) < 4.78 is 0. The van der Waals surface area contributed by atoms with E-state index in [9.17, 15) is 0 Å². The number of aliphatic imine (C=N–C) groups is 1. The maximum atomic E-state index is 4.66. The van der Waals surface area contributed by atoms with E-state index < -0.39 is 0 Å². The fourth-order valence-corrected chi connectivity index (χ4v) is 2.29. The van der Waals surface area contributed by atoms with Crippen LogP contribution in [0.1, 0.15) is 46.5 Å². The molecule has 0 fully saturated rings.